The molecular formula is C17H20N4O2S2. The molecule has 0 unspecified atom stereocenters. The molecule has 25 heavy (non-hydrogen) atoms. The number of sulfonamides is 1. The predicted molar refractivity (Wildman–Crippen MR) is 102 cm³/mol. The van der Waals surface area contributed by atoms with Crippen molar-refractivity contribution in [2.24, 2.45) is 0 Å². The minimum atomic E-state index is -3.30. The first-order valence-electron chi connectivity index (χ1n) is 7.93. The first kappa shape index (κ1) is 17.8. The lowest BCUT2D eigenvalue weighted by Crippen LogP contribution is -2.31. The Balaban J connectivity index is 1.64. The Labute approximate surface area is 151 Å². The van der Waals surface area contributed by atoms with Crippen molar-refractivity contribution in [1.29, 1.82) is 0 Å². The Morgan fingerprint density at radius 2 is 1.80 bits per heavy atom. The van der Waals surface area contributed by atoms with Gasteiger partial charge in [0.2, 0.25) is 10.0 Å². The number of nitrogens with one attached hydrogen (secondary N) is 2. The standard InChI is InChI=1S/C17H20N4O2S2/c1-12(2)21-25(22,23)10-14-5-3-13(4-6-14)9-18-16-15-7-8-24-17(15)20-11-19-16/h3-8,11-12,21H,9-10H2,1-2H3,(H,18,19,20). The summed E-state index contributed by atoms with van der Waals surface area (Å²) >= 11 is 1.58. The maximum atomic E-state index is 12.0. The molecule has 2 heterocycles. The highest BCUT2D eigenvalue weighted by Gasteiger charge is 2.12. The van der Waals surface area contributed by atoms with Gasteiger partial charge in [-0.3, -0.25) is 0 Å². The van der Waals surface area contributed by atoms with Gasteiger partial charge in [-0.2, -0.15) is 0 Å². The van der Waals surface area contributed by atoms with Crippen LogP contribution in [0.4, 0.5) is 5.82 Å². The molecule has 6 nitrogen and oxygen atoms in total. The van der Waals surface area contributed by atoms with Crippen molar-refractivity contribution in [2.45, 2.75) is 32.2 Å². The van der Waals surface area contributed by atoms with Gasteiger partial charge < -0.3 is 5.32 Å². The molecule has 1 aromatic carbocycles. The molecular weight excluding hydrogens is 356 g/mol. The molecule has 3 rings (SSSR count). The van der Waals surface area contributed by atoms with E-state index in [2.05, 4.69) is 20.0 Å². The monoisotopic (exact) mass is 376 g/mol. The third kappa shape index (κ3) is 4.75. The number of aromatic nitrogens is 2. The molecule has 0 radical (unpaired) electrons. The number of rotatable bonds is 7. The minimum Gasteiger partial charge on any atom is -0.365 e. The van der Waals surface area contributed by atoms with Crippen molar-refractivity contribution < 1.29 is 8.42 Å². The maximum Gasteiger partial charge on any atom is 0.216 e. The van der Waals surface area contributed by atoms with Gasteiger partial charge >= 0.3 is 0 Å². The molecule has 2 aromatic heterocycles. The molecule has 8 heteroatoms. The van der Waals surface area contributed by atoms with E-state index in [1.165, 1.54) is 0 Å². The molecule has 0 saturated heterocycles. The fourth-order valence-corrected chi connectivity index (χ4v) is 4.66. The van der Waals surface area contributed by atoms with Crippen LogP contribution in [-0.4, -0.2) is 24.4 Å². The molecule has 0 aliphatic rings. The molecule has 0 aliphatic heterocycles. The molecule has 0 saturated carbocycles. The number of thiophene rings is 1. The van der Waals surface area contributed by atoms with Crippen LogP contribution in [0.1, 0.15) is 25.0 Å². The first-order valence-corrected chi connectivity index (χ1v) is 10.5. The summed E-state index contributed by atoms with van der Waals surface area (Å²) in [6.07, 6.45) is 1.55. The normalized spacial score (nSPS) is 12.0. The van der Waals surface area contributed by atoms with Crippen LogP contribution in [-0.2, 0) is 22.3 Å². The average Bonchev–Trinajstić information content (AvgIpc) is 3.01. The zero-order valence-electron chi connectivity index (χ0n) is 14.1. The summed E-state index contributed by atoms with van der Waals surface area (Å²) in [7, 11) is -3.30. The highest BCUT2D eigenvalue weighted by Crippen LogP contribution is 2.24. The first-order chi connectivity index (χ1) is 11.9. The fraction of sp³-hybridized carbons (Fsp3) is 0.294. The topological polar surface area (TPSA) is 84.0 Å². The van der Waals surface area contributed by atoms with E-state index in [9.17, 15) is 8.42 Å². The Morgan fingerprint density at radius 1 is 1.08 bits per heavy atom. The molecule has 132 valence electrons. The average molecular weight is 377 g/mol. The lowest BCUT2D eigenvalue weighted by atomic mass is 10.1. The number of hydrogen-bond acceptors (Lipinski definition) is 6. The van der Waals surface area contributed by atoms with Crippen LogP contribution in [0.3, 0.4) is 0 Å². The van der Waals surface area contributed by atoms with Crippen LogP contribution in [0.5, 0.6) is 0 Å². The van der Waals surface area contributed by atoms with Gasteiger partial charge in [0.15, 0.2) is 0 Å². The predicted octanol–water partition coefficient (Wildman–Crippen LogP) is 3.13. The Hall–Kier alpha value is -2.03. The summed E-state index contributed by atoms with van der Waals surface area (Å²) < 4.78 is 26.5. The Kier molecular flexibility index (Phi) is 5.31. The summed E-state index contributed by atoms with van der Waals surface area (Å²) in [5, 5.41) is 6.31. The van der Waals surface area contributed by atoms with Gasteiger partial charge in [-0.1, -0.05) is 24.3 Å². The number of anilines is 1. The lowest BCUT2D eigenvalue weighted by molar-refractivity contribution is 0.569. The Bertz CT molecular complexity index is 950. The molecule has 0 atom stereocenters. The Morgan fingerprint density at radius 3 is 2.52 bits per heavy atom. The largest absolute Gasteiger partial charge is 0.365 e. The van der Waals surface area contributed by atoms with Crippen molar-refractivity contribution >= 4 is 37.4 Å². The number of hydrogen-bond donors (Lipinski definition) is 2. The highest BCUT2D eigenvalue weighted by molar-refractivity contribution is 7.88. The molecule has 2 N–H and O–H groups in total. The number of fused-ring (bicyclic) bond motifs is 1. The minimum absolute atomic E-state index is 0.0136. The van der Waals surface area contributed by atoms with Gasteiger partial charge in [-0.25, -0.2) is 23.1 Å². The molecule has 0 spiro atoms. The SMILES string of the molecule is CC(C)NS(=O)(=O)Cc1ccc(CNc2ncnc3sccc23)cc1. The van der Waals surface area contributed by atoms with Crippen LogP contribution in [0.2, 0.25) is 0 Å². The van der Waals surface area contributed by atoms with E-state index in [0.29, 0.717) is 6.54 Å². The van der Waals surface area contributed by atoms with Crippen LogP contribution < -0.4 is 10.0 Å². The van der Waals surface area contributed by atoms with Gasteiger partial charge in [0, 0.05) is 12.6 Å². The smallest absolute Gasteiger partial charge is 0.216 e. The van der Waals surface area contributed by atoms with Crippen molar-refractivity contribution in [3.05, 3.63) is 53.2 Å². The summed E-state index contributed by atoms with van der Waals surface area (Å²) in [6, 6.07) is 9.44. The summed E-state index contributed by atoms with van der Waals surface area (Å²) in [4.78, 5) is 9.47. The second-order valence-electron chi connectivity index (χ2n) is 6.06. The molecule has 0 bridgehead atoms. The van der Waals surface area contributed by atoms with Crippen molar-refractivity contribution in [3.8, 4) is 0 Å². The van der Waals surface area contributed by atoms with Gasteiger partial charge in [-0.15, -0.1) is 11.3 Å². The van der Waals surface area contributed by atoms with E-state index in [0.717, 1.165) is 27.2 Å². The quantitative estimate of drug-likeness (QED) is 0.662. The summed E-state index contributed by atoms with van der Waals surface area (Å²) in [5.74, 6) is 0.791. The molecule has 0 aliphatic carbocycles. The van der Waals surface area contributed by atoms with E-state index in [-0.39, 0.29) is 11.8 Å². The van der Waals surface area contributed by atoms with Crippen LogP contribution in [0.15, 0.2) is 42.0 Å². The van der Waals surface area contributed by atoms with Gasteiger partial charge in [0.05, 0.1) is 11.1 Å². The summed E-state index contributed by atoms with van der Waals surface area (Å²) in [5.41, 5.74) is 1.82. The van der Waals surface area contributed by atoms with Crippen molar-refractivity contribution in [1.82, 2.24) is 14.7 Å². The number of nitrogens with zero attached hydrogens (tertiary/aromatic N) is 2. The number of benzene rings is 1. The summed E-state index contributed by atoms with van der Waals surface area (Å²) in [6.45, 7) is 4.23. The zero-order valence-corrected chi connectivity index (χ0v) is 15.7. The second kappa shape index (κ2) is 7.47. The van der Waals surface area contributed by atoms with Crippen molar-refractivity contribution in [3.63, 3.8) is 0 Å². The molecule has 3 aromatic rings. The van der Waals surface area contributed by atoms with Gasteiger partial charge in [0.25, 0.3) is 0 Å². The van der Waals surface area contributed by atoms with Gasteiger partial charge in [0.1, 0.15) is 17.0 Å². The highest BCUT2D eigenvalue weighted by atomic mass is 32.2. The zero-order chi connectivity index (χ0) is 17.9. The van der Waals surface area contributed by atoms with E-state index in [4.69, 9.17) is 0 Å². The molecule has 0 fully saturated rings. The lowest BCUT2D eigenvalue weighted by Gasteiger charge is -2.10. The maximum absolute atomic E-state index is 12.0. The molecule has 0 amide bonds. The van der Waals surface area contributed by atoms with Crippen LogP contribution in [0.25, 0.3) is 10.2 Å². The second-order valence-corrected chi connectivity index (χ2v) is 8.71. The fourth-order valence-electron chi connectivity index (χ4n) is 2.49. The van der Waals surface area contributed by atoms with Gasteiger partial charge in [-0.05, 0) is 36.4 Å². The third-order valence-corrected chi connectivity index (χ3v) is 5.88. The van der Waals surface area contributed by atoms with E-state index >= 15 is 0 Å². The van der Waals surface area contributed by atoms with Crippen molar-refractivity contribution in [2.75, 3.05) is 5.32 Å². The van der Waals surface area contributed by atoms with E-state index in [1.54, 1.807) is 17.7 Å². The van der Waals surface area contributed by atoms with Crippen LogP contribution >= 0.6 is 11.3 Å². The van der Waals surface area contributed by atoms with E-state index < -0.39 is 10.0 Å². The van der Waals surface area contributed by atoms with Crippen LogP contribution in [0, 0.1) is 0 Å². The third-order valence-electron chi connectivity index (χ3n) is 3.52. The van der Waals surface area contributed by atoms with E-state index in [1.807, 2.05) is 49.6 Å².